The number of halogens is 1. The van der Waals surface area contributed by atoms with Crippen molar-refractivity contribution in [3.05, 3.63) is 83.0 Å². The minimum Gasteiger partial charge on any atom is -0.494 e. The standard InChI is InChI=1S/C41H49ClN9O5P/c1-56-35-23-29(11-13-32(35)47-41-45-24-31(42)38(49-41)46-33-8-4-5-9-36(33)57(2,3)55)50-20-16-27(17-21-50)43-18-6-7-19-44-28-10-12-30-26(22-28)25-51(40(30)54)34-14-15-37(52)48-39(34)53/h4-5,8-13,22-24,27,34,43-44H,6-7,14-21,25H2,1-3H3,(H,48,52,53)(H2,45,46,47,49). The number of rotatable bonds is 15. The highest BCUT2D eigenvalue weighted by Crippen LogP contribution is 2.39. The summed E-state index contributed by atoms with van der Waals surface area (Å²) in [5.41, 5.74) is 4.96. The van der Waals surface area contributed by atoms with Gasteiger partial charge < -0.3 is 40.4 Å². The molecule has 2 saturated heterocycles. The Morgan fingerprint density at radius 1 is 0.947 bits per heavy atom. The number of aromatic nitrogens is 2. The third kappa shape index (κ3) is 9.52. The molecule has 2 fully saturated rings. The molecular weight excluding hydrogens is 765 g/mol. The van der Waals surface area contributed by atoms with Crippen molar-refractivity contribution < 1.29 is 23.7 Å². The zero-order valence-electron chi connectivity index (χ0n) is 32.4. The molecule has 57 heavy (non-hydrogen) atoms. The Morgan fingerprint density at radius 3 is 2.51 bits per heavy atom. The van der Waals surface area contributed by atoms with Crippen molar-refractivity contribution in [3.63, 3.8) is 0 Å². The first-order chi connectivity index (χ1) is 27.5. The molecule has 3 aliphatic rings. The average Bonchev–Trinajstić information content (AvgIpc) is 3.52. The number of ether oxygens (including phenoxy) is 1. The SMILES string of the molecule is COc1cc(N2CCC(NCCCCNc3ccc4c(c3)CN(C3CCC(=O)NC3=O)C4=O)CC2)ccc1Nc1ncc(Cl)c(Nc2ccccc2P(C)(C)=O)n1. The summed E-state index contributed by atoms with van der Waals surface area (Å²) in [7, 11) is -0.902. The van der Waals surface area contributed by atoms with Crippen LogP contribution in [0.25, 0.3) is 0 Å². The Hall–Kier alpha value is -5.17. The summed E-state index contributed by atoms with van der Waals surface area (Å²) in [4.78, 5) is 49.8. The smallest absolute Gasteiger partial charge is 0.255 e. The number of hydrogen-bond donors (Lipinski definition) is 5. The van der Waals surface area contributed by atoms with Crippen LogP contribution in [0.3, 0.4) is 0 Å². The fourth-order valence-electron chi connectivity index (χ4n) is 7.61. The van der Waals surface area contributed by atoms with E-state index < -0.39 is 19.1 Å². The van der Waals surface area contributed by atoms with Crippen LogP contribution in [0, 0.1) is 0 Å². The molecule has 3 amide bonds. The summed E-state index contributed by atoms with van der Waals surface area (Å²) >= 11 is 6.46. The second-order valence-electron chi connectivity index (χ2n) is 15.0. The van der Waals surface area contributed by atoms with Crippen LogP contribution >= 0.6 is 18.7 Å². The van der Waals surface area contributed by atoms with Gasteiger partial charge in [0.05, 0.1) is 24.7 Å². The first-order valence-electron chi connectivity index (χ1n) is 19.4. The molecule has 16 heteroatoms. The Morgan fingerprint density at radius 2 is 1.74 bits per heavy atom. The van der Waals surface area contributed by atoms with Gasteiger partial charge in [0, 0.05) is 67.0 Å². The number of carbonyl (C=O) groups is 3. The van der Waals surface area contributed by atoms with Crippen LogP contribution in [0.5, 0.6) is 5.75 Å². The van der Waals surface area contributed by atoms with E-state index in [0.29, 0.717) is 58.1 Å². The van der Waals surface area contributed by atoms with Crippen LogP contribution < -0.4 is 41.5 Å². The molecule has 4 aromatic rings. The second kappa shape index (κ2) is 17.5. The summed E-state index contributed by atoms with van der Waals surface area (Å²) < 4.78 is 18.6. The van der Waals surface area contributed by atoms with Gasteiger partial charge in [0.2, 0.25) is 17.8 Å². The summed E-state index contributed by atoms with van der Waals surface area (Å²) in [5.74, 6) is 0.563. The Kier molecular flexibility index (Phi) is 12.3. The van der Waals surface area contributed by atoms with Crippen LogP contribution in [0.1, 0.15) is 54.4 Å². The number of piperidine rings is 2. The summed E-state index contributed by atoms with van der Waals surface area (Å²) in [6.07, 6.45) is 6.23. The van der Waals surface area contributed by atoms with Crippen molar-refractivity contribution in [3.8, 4) is 5.75 Å². The number of amides is 3. The Balaban J connectivity index is 0.841. The molecule has 1 unspecified atom stereocenters. The van der Waals surface area contributed by atoms with Crippen molar-refractivity contribution in [2.24, 2.45) is 0 Å². The number of unbranched alkanes of at least 4 members (excludes halogenated alkanes) is 1. The molecule has 0 bridgehead atoms. The number of hydrogen-bond acceptors (Lipinski definition) is 12. The highest BCUT2D eigenvalue weighted by atomic mass is 35.5. The predicted molar refractivity (Wildman–Crippen MR) is 226 cm³/mol. The maximum absolute atomic E-state index is 13.0. The molecular formula is C41H49ClN9O5P. The van der Waals surface area contributed by atoms with Gasteiger partial charge in [0.1, 0.15) is 24.0 Å². The molecule has 3 aliphatic heterocycles. The van der Waals surface area contributed by atoms with Gasteiger partial charge in [-0.15, -0.1) is 0 Å². The molecule has 0 saturated carbocycles. The van der Waals surface area contributed by atoms with Crippen molar-refractivity contribution in [1.82, 2.24) is 25.5 Å². The quantitative estimate of drug-likeness (QED) is 0.0533. The number of imide groups is 1. The summed E-state index contributed by atoms with van der Waals surface area (Å²) in [5, 5.41) is 17.1. The second-order valence-corrected chi connectivity index (χ2v) is 18.6. The molecule has 0 radical (unpaired) electrons. The van der Waals surface area contributed by atoms with Crippen molar-refractivity contribution in [2.45, 2.75) is 57.2 Å². The summed E-state index contributed by atoms with van der Waals surface area (Å²) in [6, 6.07) is 19.1. The number of benzene rings is 3. The highest BCUT2D eigenvalue weighted by molar-refractivity contribution is 7.70. The van der Waals surface area contributed by atoms with Gasteiger partial charge in [-0.25, -0.2) is 4.98 Å². The normalized spacial score (nSPS) is 17.3. The molecule has 3 aromatic carbocycles. The maximum Gasteiger partial charge on any atom is 0.255 e. The van der Waals surface area contributed by atoms with E-state index in [1.54, 1.807) is 25.3 Å². The molecule has 0 aliphatic carbocycles. The van der Waals surface area contributed by atoms with E-state index in [1.807, 2.05) is 54.6 Å². The monoisotopic (exact) mass is 813 g/mol. The third-order valence-corrected chi connectivity index (χ3v) is 12.5. The molecule has 1 aromatic heterocycles. The van der Waals surface area contributed by atoms with Crippen molar-refractivity contribution in [1.29, 1.82) is 0 Å². The van der Waals surface area contributed by atoms with E-state index in [4.69, 9.17) is 16.3 Å². The lowest BCUT2D eigenvalue weighted by molar-refractivity contribution is -0.136. The minimum atomic E-state index is -2.54. The van der Waals surface area contributed by atoms with Crippen LogP contribution in [0.4, 0.5) is 34.5 Å². The molecule has 1 atom stereocenters. The van der Waals surface area contributed by atoms with Gasteiger partial charge in [-0.05, 0) is 100 Å². The molecule has 5 N–H and O–H groups in total. The number of methoxy groups -OCH3 is 1. The number of para-hydroxylation sites is 1. The highest BCUT2D eigenvalue weighted by Gasteiger charge is 2.39. The lowest BCUT2D eigenvalue weighted by Gasteiger charge is -2.34. The lowest BCUT2D eigenvalue weighted by Crippen LogP contribution is -2.52. The number of nitrogens with zero attached hydrogens (tertiary/aromatic N) is 4. The van der Waals surface area contributed by atoms with Gasteiger partial charge in [-0.3, -0.25) is 19.7 Å². The van der Waals surface area contributed by atoms with E-state index >= 15 is 0 Å². The zero-order chi connectivity index (χ0) is 40.1. The molecule has 4 heterocycles. The Bertz CT molecular complexity index is 2190. The van der Waals surface area contributed by atoms with E-state index in [9.17, 15) is 18.9 Å². The molecule has 0 spiro atoms. The number of anilines is 6. The van der Waals surface area contributed by atoms with E-state index in [0.717, 1.165) is 74.5 Å². The van der Waals surface area contributed by atoms with Crippen LogP contribution in [-0.2, 0) is 20.7 Å². The van der Waals surface area contributed by atoms with Gasteiger partial charge in [0.25, 0.3) is 5.91 Å². The average molecular weight is 814 g/mol. The van der Waals surface area contributed by atoms with Crippen molar-refractivity contribution in [2.75, 3.05) is 67.5 Å². The third-order valence-electron chi connectivity index (χ3n) is 10.7. The van der Waals surface area contributed by atoms with Gasteiger partial charge in [-0.2, -0.15) is 4.98 Å². The van der Waals surface area contributed by atoms with Gasteiger partial charge in [0.15, 0.2) is 5.82 Å². The minimum absolute atomic E-state index is 0.159. The number of carbonyl (C=O) groups excluding carboxylic acids is 3. The van der Waals surface area contributed by atoms with E-state index in [2.05, 4.69) is 47.5 Å². The lowest BCUT2D eigenvalue weighted by atomic mass is 10.0. The Labute approximate surface area is 337 Å². The number of fused-ring (bicyclic) bond motifs is 1. The summed E-state index contributed by atoms with van der Waals surface area (Å²) in [6.45, 7) is 7.44. The van der Waals surface area contributed by atoms with Gasteiger partial charge in [-0.1, -0.05) is 23.7 Å². The van der Waals surface area contributed by atoms with E-state index in [-0.39, 0.29) is 18.2 Å². The van der Waals surface area contributed by atoms with Crippen LogP contribution in [0.2, 0.25) is 5.02 Å². The predicted octanol–water partition coefficient (Wildman–Crippen LogP) is 6.09. The molecule has 14 nitrogen and oxygen atoms in total. The zero-order valence-corrected chi connectivity index (χ0v) is 34.1. The largest absolute Gasteiger partial charge is 0.494 e. The fourth-order valence-corrected chi connectivity index (χ4v) is 8.90. The fraction of sp³-hybridized carbons (Fsp3) is 0.390. The maximum atomic E-state index is 13.0. The van der Waals surface area contributed by atoms with E-state index in [1.165, 1.54) is 6.20 Å². The van der Waals surface area contributed by atoms with Crippen molar-refractivity contribution >= 4 is 76.3 Å². The van der Waals surface area contributed by atoms with Crippen LogP contribution in [-0.4, -0.2) is 91.3 Å². The number of nitrogens with one attached hydrogen (secondary N) is 5. The van der Waals surface area contributed by atoms with Gasteiger partial charge >= 0.3 is 0 Å². The molecule has 7 rings (SSSR count). The first kappa shape index (κ1) is 40.0. The molecule has 300 valence electrons. The van der Waals surface area contributed by atoms with Crippen LogP contribution in [0.15, 0.2) is 66.9 Å². The first-order valence-corrected chi connectivity index (χ1v) is 22.3. The topological polar surface area (TPSA) is 170 Å².